The number of nitrogen functional groups attached to an aromatic ring is 1. The van der Waals surface area contributed by atoms with Gasteiger partial charge in [0.1, 0.15) is 24.4 Å². The highest BCUT2D eigenvalue weighted by molar-refractivity contribution is 6.06. The first-order chi connectivity index (χ1) is 17.3. The third-order valence-electron chi connectivity index (χ3n) is 6.46. The Bertz CT molecular complexity index is 1300. The third-order valence-corrected chi connectivity index (χ3v) is 6.46. The van der Waals surface area contributed by atoms with Crippen LogP contribution in [0, 0.1) is 13.8 Å². The number of amides is 1. The molecule has 0 spiro atoms. The van der Waals surface area contributed by atoms with Gasteiger partial charge < -0.3 is 16.4 Å². The number of hydrogen-bond donors (Lipinski definition) is 3. The highest BCUT2D eigenvalue weighted by Gasteiger charge is 2.22. The number of benzene rings is 1. The Morgan fingerprint density at radius 2 is 1.97 bits per heavy atom. The van der Waals surface area contributed by atoms with Crippen LogP contribution < -0.4 is 21.9 Å². The van der Waals surface area contributed by atoms with Crippen LogP contribution in [0.5, 0.6) is 0 Å². The van der Waals surface area contributed by atoms with Crippen molar-refractivity contribution in [1.29, 1.82) is 0 Å². The molecule has 36 heavy (non-hydrogen) atoms. The smallest absolute Gasteiger partial charge is 0.272 e. The van der Waals surface area contributed by atoms with Gasteiger partial charge in [-0.2, -0.15) is 0 Å². The first-order valence-electron chi connectivity index (χ1n) is 12.0. The van der Waals surface area contributed by atoms with Gasteiger partial charge >= 0.3 is 0 Å². The van der Waals surface area contributed by atoms with Crippen LogP contribution in [0.25, 0.3) is 5.69 Å². The number of rotatable bonds is 6. The second-order valence-corrected chi connectivity index (χ2v) is 9.12. The molecule has 0 bridgehead atoms. The van der Waals surface area contributed by atoms with Crippen LogP contribution in [0.2, 0.25) is 0 Å². The molecular formula is C26H30F2N6O2. The van der Waals surface area contributed by atoms with E-state index in [2.05, 4.69) is 20.6 Å². The van der Waals surface area contributed by atoms with Crippen LogP contribution in [0.4, 0.5) is 20.3 Å². The SMILES string of the molecule is Cc1cc([C@@H](F)CF)cc(C)c1-n1cnc(N)c(C(=O)Nc2cncc(C3CCCCCN3)c2)c1=O. The van der Waals surface area contributed by atoms with E-state index in [0.29, 0.717) is 22.5 Å². The predicted octanol–water partition coefficient (Wildman–Crippen LogP) is 4.26. The van der Waals surface area contributed by atoms with Gasteiger partial charge in [-0.25, -0.2) is 13.8 Å². The van der Waals surface area contributed by atoms with Crippen molar-refractivity contribution < 1.29 is 13.6 Å². The van der Waals surface area contributed by atoms with E-state index in [-0.39, 0.29) is 23.0 Å². The Morgan fingerprint density at radius 1 is 1.22 bits per heavy atom. The first kappa shape index (κ1) is 25.4. The third kappa shape index (κ3) is 5.28. The normalized spacial score (nSPS) is 16.8. The maximum absolute atomic E-state index is 13.9. The van der Waals surface area contributed by atoms with Crippen molar-refractivity contribution in [2.75, 3.05) is 24.3 Å². The molecule has 1 fully saturated rings. The van der Waals surface area contributed by atoms with Gasteiger partial charge in [0.2, 0.25) is 0 Å². The van der Waals surface area contributed by atoms with Crippen molar-refractivity contribution in [3.8, 4) is 5.69 Å². The van der Waals surface area contributed by atoms with E-state index in [1.807, 2.05) is 6.07 Å². The standard InChI is InChI=1S/C26H30F2N6O2/c1-15-8-17(20(28)11-27)9-16(2)23(15)34-14-32-24(29)22(26(34)36)25(35)33-19-10-18(12-30-13-19)21-6-4-3-5-7-31-21/h8-10,12-14,20-21,31H,3-7,11,29H2,1-2H3,(H,33,35)/t20-,21?/m0/s1. The highest BCUT2D eigenvalue weighted by Crippen LogP contribution is 2.27. The zero-order valence-corrected chi connectivity index (χ0v) is 20.4. The van der Waals surface area contributed by atoms with Gasteiger partial charge in [-0.05, 0) is 61.6 Å². The molecular weight excluding hydrogens is 466 g/mol. The van der Waals surface area contributed by atoms with E-state index in [1.165, 1.54) is 35.6 Å². The van der Waals surface area contributed by atoms with Gasteiger partial charge in [0.05, 0.1) is 17.6 Å². The van der Waals surface area contributed by atoms with Gasteiger partial charge in [-0.3, -0.25) is 19.1 Å². The molecule has 1 unspecified atom stereocenters. The molecule has 8 nitrogen and oxygen atoms in total. The average Bonchev–Trinajstić information content (AvgIpc) is 3.14. The summed E-state index contributed by atoms with van der Waals surface area (Å²) in [6.45, 7) is 3.14. The Balaban J connectivity index is 1.65. The first-order valence-corrected chi connectivity index (χ1v) is 12.0. The summed E-state index contributed by atoms with van der Waals surface area (Å²) in [6.07, 6.45) is 7.14. The molecule has 1 amide bonds. The van der Waals surface area contributed by atoms with Crippen molar-refractivity contribution >= 4 is 17.4 Å². The van der Waals surface area contributed by atoms with Crippen LogP contribution in [0.15, 0.2) is 41.7 Å². The Labute approximate surface area is 208 Å². The molecule has 190 valence electrons. The lowest BCUT2D eigenvalue weighted by Gasteiger charge is -2.17. The van der Waals surface area contributed by atoms with Gasteiger partial charge in [-0.1, -0.05) is 25.0 Å². The molecule has 4 rings (SSSR count). The number of halogens is 2. The fourth-order valence-corrected chi connectivity index (χ4v) is 4.70. The highest BCUT2D eigenvalue weighted by atomic mass is 19.2. The fourth-order valence-electron chi connectivity index (χ4n) is 4.70. The second kappa shape index (κ2) is 10.9. The summed E-state index contributed by atoms with van der Waals surface area (Å²) in [7, 11) is 0. The van der Waals surface area contributed by atoms with Crippen LogP contribution in [-0.4, -0.2) is 33.7 Å². The van der Waals surface area contributed by atoms with E-state index < -0.39 is 24.3 Å². The lowest BCUT2D eigenvalue weighted by molar-refractivity contribution is 0.102. The van der Waals surface area contributed by atoms with E-state index in [9.17, 15) is 18.4 Å². The lowest BCUT2D eigenvalue weighted by atomic mass is 10.0. The van der Waals surface area contributed by atoms with Crippen LogP contribution in [-0.2, 0) is 0 Å². The molecule has 2 atom stereocenters. The minimum absolute atomic E-state index is 0.146. The van der Waals surface area contributed by atoms with Crippen molar-refractivity contribution in [2.45, 2.75) is 51.7 Å². The molecule has 3 heterocycles. The van der Waals surface area contributed by atoms with Crippen LogP contribution in [0.1, 0.15) is 70.5 Å². The molecule has 2 aromatic heterocycles. The van der Waals surface area contributed by atoms with Crippen LogP contribution in [0.3, 0.4) is 0 Å². The quantitative estimate of drug-likeness (QED) is 0.470. The molecule has 4 N–H and O–H groups in total. The van der Waals surface area contributed by atoms with Crippen molar-refractivity contribution in [3.63, 3.8) is 0 Å². The van der Waals surface area contributed by atoms with Gasteiger partial charge in [0.15, 0.2) is 6.17 Å². The minimum Gasteiger partial charge on any atom is -0.383 e. The summed E-state index contributed by atoms with van der Waals surface area (Å²) in [4.78, 5) is 34.8. The predicted molar refractivity (Wildman–Crippen MR) is 135 cm³/mol. The molecule has 1 saturated heterocycles. The van der Waals surface area contributed by atoms with E-state index in [1.54, 1.807) is 20.0 Å². The number of carbonyl (C=O) groups excluding carboxylic acids is 1. The number of hydrogen-bond acceptors (Lipinski definition) is 6. The molecule has 1 aliphatic heterocycles. The average molecular weight is 497 g/mol. The summed E-state index contributed by atoms with van der Waals surface area (Å²) in [6, 6.07) is 4.94. The summed E-state index contributed by atoms with van der Waals surface area (Å²) in [5, 5.41) is 6.22. The van der Waals surface area contributed by atoms with E-state index in [4.69, 9.17) is 5.73 Å². The Morgan fingerprint density at radius 3 is 2.69 bits per heavy atom. The zero-order valence-electron chi connectivity index (χ0n) is 20.4. The number of nitrogens with zero attached hydrogens (tertiary/aromatic N) is 3. The summed E-state index contributed by atoms with van der Waals surface area (Å²) in [5.41, 5.74) is 8.04. The largest absolute Gasteiger partial charge is 0.383 e. The minimum atomic E-state index is -1.75. The summed E-state index contributed by atoms with van der Waals surface area (Å²) >= 11 is 0. The Hall–Kier alpha value is -3.66. The zero-order chi connectivity index (χ0) is 25.8. The van der Waals surface area contributed by atoms with Crippen molar-refractivity contribution in [1.82, 2.24) is 19.9 Å². The molecule has 1 aliphatic rings. The van der Waals surface area contributed by atoms with Crippen LogP contribution >= 0.6 is 0 Å². The summed E-state index contributed by atoms with van der Waals surface area (Å²) in [5.74, 6) is -0.920. The number of anilines is 2. The number of alkyl halides is 2. The van der Waals surface area contributed by atoms with Gasteiger partial charge in [0.25, 0.3) is 11.5 Å². The monoisotopic (exact) mass is 496 g/mol. The molecule has 0 saturated carbocycles. The number of pyridine rings is 1. The number of nitrogens with two attached hydrogens (primary N) is 1. The van der Waals surface area contributed by atoms with Crippen molar-refractivity contribution in [2.24, 2.45) is 0 Å². The fraction of sp³-hybridized carbons (Fsp3) is 0.385. The number of nitrogens with one attached hydrogen (secondary N) is 2. The van der Waals surface area contributed by atoms with Crippen molar-refractivity contribution in [3.05, 3.63) is 75.1 Å². The van der Waals surface area contributed by atoms with E-state index >= 15 is 0 Å². The number of aromatic nitrogens is 3. The lowest BCUT2D eigenvalue weighted by Crippen LogP contribution is -2.31. The van der Waals surface area contributed by atoms with Gasteiger partial charge in [0, 0.05) is 12.2 Å². The maximum atomic E-state index is 13.9. The number of carbonyl (C=O) groups is 1. The summed E-state index contributed by atoms with van der Waals surface area (Å²) < 4.78 is 27.9. The molecule has 1 aromatic carbocycles. The number of aryl methyl sites for hydroxylation is 2. The topological polar surface area (TPSA) is 115 Å². The molecule has 10 heteroatoms. The maximum Gasteiger partial charge on any atom is 0.272 e. The molecule has 3 aromatic rings. The molecule has 0 aliphatic carbocycles. The van der Waals surface area contributed by atoms with Gasteiger partial charge in [-0.15, -0.1) is 0 Å². The van der Waals surface area contributed by atoms with E-state index in [0.717, 1.165) is 31.4 Å². The molecule has 0 radical (unpaired) electrons. The second-order valence-electron chi connectivity index (χ2n) is 9.12. The Kier molecular flexibility index (Phi) is 7.73.